The molecule has 7 heteroatoms. The molecule has 1 aromatic heterocycles. The van der Waals surface area contributed by atoms with E-state index in [1.807, 2.05) is 28.8 Å². The molecule has 0 saturated heterocycles. The van der Waals surface area contributed by atoms with Gasteiger partial charge in [0.2, 0.25) is 0 Å². The van der Waals surface area contributed by atoms with Crippen molar-refractivity contribution in [3.63, 3.8) is 0 Å². The molecule has 0 fully saturated rings. The second-order valence-corrected chi connectivity index (χ2v) is 7.28. The summed E-state index contributed by atoms with van der Waals surface area (Å²) in [4.78, 5) is 1.06. The van der Waals surface area contributed by atoms with E-state index in [0.717, 1.165) is 27.2 Å². The van der Waals surface area contributed by atoms with Crippen molar-refractivity contribution in [1.82, 2.24) is 14.8 Å². The predicted octanol–water partition coefficient (Wildman–Crippen LogP) is 4.94. The average Bonchev–Trinajstić information content (AvgIpc) is 3.02. The van der Waals surface area contributed by atoms with Crippen LogP contribution in [0.5, 0.6) is 0 Å². The summed E-state index contributed by atoms with van der Waals surface area (Å²) in [6, 6.07) is 14.1. The molecule has 23 heavy (non-hydrogen) atoms. The maximum absolute atomic E-state index is 12.9. The summed E-state index contributed by atoms with van der Waals surface area (Å²) in [5.74, 6) is 1.57. The molecule has 0 aliphatic heterocycles. The maximum Gasteiger partial charge on any atom is 0.195 e. The SMILES string of the molecule is Fc1ccc(SCCSc2nncn2-c2cccc(Cl)c2)cc1. The third kappa shape index (κ3) is 4.50. The highest BCUT2D eigenvalue weighted by atomic mass is 35.5. The van der Waals surface area contributed by atoms with Gasteiger partial charge >= 0.3 is 0 Å². The first-order chi connectivity index (χ1) is 11.2. The van der Waals surface area contributed by atoms with E-state index in [9.17, 15) is 4.39 Å². The average molecular weight is 366 g/mol. The van der Waals surface area contributed by atoms with E-state index in [0.29, 0.717) is 5.02 Å². The highest BCUT2D eigenvalue weighted by molar-refractivity contribution is 8.02. The van der Waals surface area contributed by atoms with Crippen LogP contribution in [-0.4, -0.2) is 26.3 Å². The van der Waals surface area contributed by atoms with Crippen LogP contribution in [0.25, 0.3) is 5.69 Å². The second kappa shape index (κ2) is 7.86. The molecular formula is C16H13ClFN3S2. The molecule has 118 valence electrons. The third-order valence-electron chi connectivity index (χ3n) is 3.00. The van der Waals surface area contributed by atoms with Crippen molar-refractivity contribution in [3.8, 4) is 5.69 Å². The first-order valence-corrected chi connectivity index (χ1v) is 9.24. The summed E-state index contributed by atoms with van der Waals surface area (Å²) >= 11 is 9.35. The number of halogens is 2. The van der Waals surface area contributed by atoms with E-state index in [-0.39, 0.29) is 5.82 Å². The van der Waals surface area contributed by atoms with Crippen molar-refractivity contribution in [2.24, 2.45) is 0 Å². The molecule has 0 spiro atoms. The van der Waals surface area contributed by atoms with Crippen LogP contribution < -0.4 is 0 Å². The lowest BCUT2D eigenvalue weighted by Crippen LogP contribution is -1.96. The van der Waals surface area contributed by atoms with Crippen LogP contribution in [0.1, 0.15) is 0 Å². The summed E-state index contributed by atoms with van der Waals surface area (Å²) in [6.07, 6.45) is 1.68. The Labute approximate surface area is 147 Å². The fourth-order valence-electron chi connectivity index (χ4n) is 1.95. The lowest BCUT2D eigenvalue weighted by atomic mass is 10.3. The molecule has 1 heterocycles. The van der Waals surface area contributed by atoms with Gasteiger partial charge in [0.1, 0.15) is 12.1 Å². The lowest BCUT2D eigenvalue weighted by Gasteiger charge is -2.06. The van der Waals surface area contributed by atoms with Gasteiger partial charge in [0.25, 0.3) is 0 Å². The fraction of sp³-hybridized carbons (Fsp3) is 0.125. The fourth-order valence-corrected chi connectivity index (χ4v) is 3.94. The van der Waals surface area contributed by atoms with E-state index in [1.165, 1.54) is 12.1 Å². The zero-order valence-electron chi connectivity index (χ0n) is 12.0. The summed E-state index contributed by atoms with van der Waals surface area (Å²) < 4.78 is 14.8. The monoisotopic (exact) mass is 365 g/mol. The van der Waals surface area contributed by atoms with Gasteiger partial charge in [-0.15, -0.1) is 22.0 Å². The Kier molecular flexibility index (Phi) is 5.59. The molecule has 0 radical (unpaired) electrons. The quantitative estimate of drug-likeness (QED) is 0.457. The zero-order chi connectivity index (χ0) is 16.1. The van der Waals surface area contributed by atoms with Crippen LogP contribution in [0.3, 0.4) is 0 Å². The molecular weight excluding hydrogens is 353 g/mol. The number of hydrogen-bond donors (Lipinski definition) is 0. The number of aromatic nitrogens is 3. The largest absolute Gasteiger partial charge is 0.277 e. The molecule has 0 aliphatic rings. The summed E-state index contributed by atoms with van der Waals surface area (Å²) in [6.45, 7) is 0. The van der Waals surface area contributed by atoms with Crippen LogP contribution in [0.4, 0.5) is 4.39 Å². The molecule has 3 nitrogen and oxygen atoms in total. The van der Waals surface area contributed by atoms with Gasteiger partial charge in [-0.2, -0.15) is 0 Å². The van der Waals surface area contributed by atoms with E-state index in [2.05, 4.69) is 10.2 Å². The lowest BCUT2D eigenvalue weighted by molar-refractivity contribution is 0.626. The van der Waals surface area contributed by atoms with Gasteiger partial charge in [-0.05, 0) is 42.5 Å². The van der Waals surface area contributed by atoms with Crippen molar-refractivity contribution >= 4 is 35.1 Å². The number of hydrogen-bond acceptors (Lipinski definition) is 4. The van der Waals surface area contributed by atoms with Crippen molar-refractivity contribution in [2.75, 3.05) is 11.5 Å². The molecule has 0 N–H and O–H groups in total. The Hall–Kier alpha value is -1.50. The van der Waals surface area contributed by atoms with Crippen molar-refractivity contribution in [2.45, 2.75) is 10.1 Å². The molecule has 0 saturated carbocycles. The molecule has 0 unspecified atom stereocenters. The Morgan fingerprint density at radius 1 is 1.04 bits per heavy atom. The summed E-state index contributed by atoms with van der Waals surface area (Å²) in [7, 11) is 0. The Morgan fingerprint density at radius 2 is 1.83 bits per heavy atom. The Bertz CT molecular complexity index is 777. The standard InChI is InChI=1S/C16H13ClFN3S2/c17-12-2-1-3-14(10-12)21-11-19-20-16(21)23-9-8-22-15-6-4-13(18)5-7-15/h1-7,10-11H,8-9H2. The summed E-state index contributed by atoms with van der Waals surface area (Å²) in [5.41, 5.74) is 0.941. The minimum Gasteiger partial charge on any atom is -0.277 e. The van der Waals surface area contributed by atoms with Crippen LogP contribution in [0.2, 0.25) is 5.02 Å². The molecule has 0 aliphatic carbocycles. The van der Waals surface area contributed by atoms with Crippen LogP contribution >= 0.6 is 35.1 Å². The van der Waals surface area contributed by atoms with Gasteiger partial charge in [-0.3, -0.25) is 4.57 Å². The van der Waals surface area contributed by atoms with E-state index in [1.54, 1.807) is 42.0 Å². The highest BCUT2D eigenvalue weighted by Crippen LogP contribution is 2.24. The predicted molar refractivity (Wildman–Crippen MR) is 94.2 cm³/mol. The topological polar surface area (TPSA) is 30.7 Å². The van der Waals surface area contributed by atoms with Crippen LogP contribution in [0.15, 0.2) is 64.9 Å². The van der Waals surface area contributed by atoms with E-state index < -0.39 is 0 Å². The highest BCUT2D eigenvalue weighted by Gasteiger charge is 2.07. The number of rotatable bonds is 6. The first-order valence-electron chi connectivity index (χ1n) is 6.89. The van der Waals surface area contributed by atoms with E-state index >= 15 is 0 Å². The first kappa shape index (κ1) is 16.4. The summed E-state index contributed by atoms with van der Waals surface area (Å²) in [5, 5.41) is 9.63. The third-order valence-corrected chi connectivity index (χ3v) is 5.45. The van der Waals surface area contributed by atoms with Gasteiger partial charge < -0.3 is 0 Å². The van der Waals surface area contributed by atoms with Crippen molar-refractivity contribution in [3.05, 3.63) is 65.7 Å². The van der Waals surface area contributed by atoms with E-state index in [4.69, 9.17) is 11.6 Å². The Balaban J connectivity index is 1.57. The number of thioether (sulfide) groups is 2. The maximum atomic E-state index is 12.9. The van der Waals surface area contributed by atoms with Crippen LogP contribution in [-0.2, 0) is 0 Å². The van der Waals surface area contributed by atoms with Gasteiger partial charge in [-0.25, -0.2) is 4.39 Å². The molecule has 0 atom stereocenters. The number of nitrogens with zero attached hydrogens (tertiary/aromatic N) is 3. The van der Waals surface area contributed by atoms with Crippen molar-refractivity contribution in [1.29, 1.82) is 0 Å². The molecule has 0 amide bonds. The molecule has 2 aromatic carbocycles. The molecule has 3 aromatic rings. The van der Waals surface area contributed by atoms with Gasteiger partial charge in [-0.1, -0.05) is 29.4 Å². The zero-order valence-corrected chi connectivity index (χ0v) is 14.4. The minimum atomic E-state index is -0.210. The van der Waals surface area contributed by atoms with Crippen molar-refractivity contribution < 1.29 is 4.39 Å². The van der Waals surface area contributed by atoms with Gasteiger partial charge in [0, 0.05) is 21.4 Å². The second-order valence-electron chi connectivity index (χ2n) is 4.61. The Morgan fingerprint density at radius 3 is 2.61 bits per heavy atom. The molecule has 0 bridgehead atoms. The van der Waals surface area contributed by atoms with Crippen LogP contribution in [0, 0.1) is 5.82 Å². The smallest absolute Gasteiger partial charge is 0.195 e. The normalized spacial score (nSPS) is 10.9. The minimum absolute atomic E-state index is 0.210. The van der Waals surface area contributed by atoms with Gasteiger partial charge in [0.05, 0.1) is 5.69 Å². The van der Waals surface area contributed by atoms with Gasteiger partial charge in [0.15, 0.2) is 5.16 Å². The molecule has 3 rings (SSSR count). The number of benzene rings is 2.